The Labute approximate surface area is 125 Å². The van der Waals surface area contributed by atoms with Crippen molar-refractivity contribution >= 4 is 0 Å². The number of hydrogen-bond donors (Lipinski definition) is 1. The fourth-order valence-corrected chi connectivity index (χ4v) is 4.34. The van der Waals surface area contributed by atoms with Crippen LogP contribution in [-0.2, 0) is 4.74 Å². The van der Waals surface area contributed by atoms with Gasteiger partial charge in [-0.3, -0.25) is 0 Å². The Balaban J connectivity index is 1.44. The number of rotatable bonds is 6. The minimum absolute atomic E-state index is 0.310. The van der Waals surface area contributed by atoms with Gasteiger partial charge in [-0.2, -0.15) is 0 Å². The summed E-state index contributed by atoms with van der Waals surface area (Å²) in [5.74, 6) is 0.763. The highest BCUT2D eigenvalue weighted by Gasteiger charge is 2.48. The Hall–Kier alpha value is -0.0800. The average molecular weight is 279 g/mol. The summed E-state index contributed by atoms with van der Waals surface area (Å²) in [6.45, 7) is 6.97. The first kappa shape index (κ1) is 14.8. The van der Waals surface area contributed by atoms with E-state index in [9.17, 15) is 0 Å². The van der Waals surface area contributed by atoms with Crippen molar-refractivity contribution < 1.29 is 4.74 Å². The summed E-state index contributed by atoms with van der Waals surface area (Å²) < 4.78 is 6.57. The van der Waals surface area contributed by atoms with Crippen molar-refractivity contribution in [3.05, 3.63) is 0 Å². The average Bonchev–Trinajstić information content (AvgIpc) is 3.07. The molecule has 20 heavy (non-hydrogen) atoms. The molecule has 1 heterocycles. The highest BCUT2D eigenvalue weighted by Crippen LogP contribution is 2.52. The maximum atomic E-state index is 6.57. The molecule has 1 saturated heterocycles. The molecule has 3 fully saturated rings. The summed E-state index contributed by atoms with van der Waals surface area (Å²) in [6.07, 6.45) is 14.3. The topological polar surface area (TPSA) is 21.3 Å². The lowest BCUT2D eigenvalue weighted by atomic mass is 9.83. The van der Waals surface area contributed by atoms with Gasteiger partial charge in [-0.15, -0.1) is 0 Å². The molecule has 2 aliphatic carbocycles. The fourth-order valence-electron chi connectivity index (χ4n) is 4.34. The van der Waals surface area contributed by atoms with Gasteiger partial charge in [0.05, 0.1) is 11.7 Å². The number of hydrogen-bond acceptors (Lipinski definition) is 2. The van der Waals surface area contributed by atoms with Gasteiger partial charge in [-0.1, -0.05) is 33.1 Å². The minimum atomic E-state index is 0.310. The van der Waals surface area contributed by atoms with Crippen LogP contribution in [0.1, 0.15) is 78.1 Å². The molecule has 3 rings (SSSR count). The summed E-state index contributed by atoms with van der Waals surface area (Å²) in [5, 5.41) is 3.68. The van der Waals surface area contributed by atoms with Crippen LogP contribution in [0.4, 0.5) is 0 Å². The van der Waals surface area contributed by atoms with Crippen LogP contribution >= 0.6 is 0 Å². The van der Waals surface area contributed by atoms with Crippen LogP contribution in [0.5, 0.6) is 0 Å². The molecular formula is C18H33NO. The van der Waals surface area contributed by atoms with Crippen LogP contribution in [0.3, 0.4) is 0 Å². The van der Waals surface area contributed by atoms with E-state index in [0.717, 1.165) is 12.5 Å². The third-order valence-corrected chi connectivity index (χ3v) is 5.77. The molecule has 1 N–H and O–H groups in total. The van der Waals surface area contributed by atoms with E-state index in [-0.39, 0.29) is 0 Å². The first-order chi connectivity index (χ1) is 9.62. The third-order valence-electron chi connectivity index (χ3n) is 5.77. The Morgan fingerprint density at radius 3 is 2.45 bits per heavy atom. The Morgan fingerprint density at radius 1 is 1.05 bits per heavy atom. The second kappa shape index (κ2) is 5.96. The lowest BCUT2D eigenvalue weighted by Gasteiger charge is -2.34. The van der Waals surface area contributed by atoms with E-state index in [4.69, 9.17) is 4.74 Å². The van der Waals surface area contributed by atoms with Gasteiger partial charge >= 0.3 is 0 Å². The van der Waals surface area contributed by atoms with Crippen LogP contribution in [0.2, 0.25) is 0 Å². The zero-order chi connectivity index (χ0) is 14.1. The molecule has 0 aromatic heterocycles. The van der Waals surface area contributed by atoms with Crippen molar-refractivity contribution in [2.75, 3.05) is 13.1 Å². The van der Waals surface area contributed by atoms with Crippen molar-refractivity contribution in [1.82, 2.24) is 5.32 Å². The molecule has 1 aliphatic heterocycles. The molecule has 1 atom stereocenters. The summed E-state index contributed by atoms with van der Waals surface area (Å²) in [7, 11) is 0. The Bertz CT molecular complexity index is 315. The molecule has 0 aromatic rings. The van der Waals surface area contributed by atoms with E-state index < -0.39 is 0 Å². The molecule has 2 nitrogen and oxygen atoms in total. The highest BCUT2D eigenvalue weighted by atomic mass is 16.5. The van der Waals surface area contributed by atoms with E-state index in [2.05, 4.69) is 19.2 Å². The molecule has 0 aromatic carbocycles. The number of ether oxygens (including phenoxy) is 1. The molecular weight excluding hydrogens is 246 g/mol. The van der Waals surface area contributed by atoms with E-state index in [1.807, 2.05) is 0 Å². The smallest absolute Gasteiger partial charge is 0.0687 e. The van der Waals surface area contributed by atoms with Crippen molar-refractivity contribution in [1.29, 1.82) is 0 Å². The molecule has 1 spiro atoms. The molecule has 0 amide bonds. The van der Waals surface area contributed by atoms with Gasteiger partial charge < -0.3 is 10.1 Å². The monoisotopic (exact) mass is 279 g/mol. The van der Waals surface area contributed by atoms with E-state index in [0.29, 0.717) is 17.1 Å². The minimum Gasteiger partial charge on any atom is -0.372 e. The first-order valence-electron chi connectivity index (χ1n) is 9.00. The SMILES string of the molecule is CC(C)CNCC1(CC2CCC3(CCCCC3)O2)CC1. The Morgan fingerprint density at radius 2 is 1.80 bits per heavy atom. The van der Waals surface area contributed by atoms with Gasteiger partial charge in [-0.05, 0) is 62.8 Å². The first-order valence-corrected chi connectivity index (χ1v) is 9.00. The summed E-state index contributed by atoms with van der Waals surface area (Å²) >= 11 is 0. The fraction of sp³-hybridized carbons (Fsp3) is 1.00. The predicted molar refractivity (Wildman–Crippen MR) is 83.9 cm³/mol. The van der Waals surface area contributed by atoms with Crippen molar-refractivity contribution in [2.45, 2.75) is 89.8 Å². The molecule has 0 bridgehead atoms. The maximum Gasteiger partial charge on any atom is 0.0687 e. The second-order valence-corrected chi connectivity index (χ2v) is 8.25. The van der Waals surface area contributed by atoms with Crippen LogP contribution in [0.15, 0.2) is 0 Å². The van der Waals surface area contributed by atoms with Crippen molar-refractivity contribution in [2.24, 2.45) is 11.3 Å². The van der Waals surface area contributed by atoms with Crippen LogP contribution in [-0.4, -0.2) is 24.8 Å². The van der Waals surface area contributed by atoms with Gasteiger partial charge in [0.1, 0.15) is 0 Å². The predicted octanol–water partition coefficient (Wildman–Crippen LogP) is 4.28. The van der Waals surface area contributed by atoms with Crippen molar-refractivity contribution in [3.8, 4) is 0 Å². The lowest BCUT2D eigenvalue weighted by Crippen LogP contribution is -2.33. The quantitative estimate of drug-likeness (QED) is 0.783. The molecule has 0 radical (unpaired) electrons. The lowest BCUT2D eigenvalue weighted by molar-refractivity contribution is -0.0710. The van der Waals surface area contributed by atoms with Gasteiger partial charge in [0.25, 0.3) is 0 Å². The van der Waals surface area contributed by atoms with Gasteiger partial charge in [0.2, 0.25) is 0 Å². The van der Waals surface area contributed by atoms with Crippen LogP contribution < -0.4 is 5.32 Å². The summed E-state index contributed by atoms with van der Waals surface area (Å²) in [6, 6.07) is 0. The van der Waals surface area contributed by atoms with E-state index in [1.54, 1.807) is 0 Å². The van der Waals surface area contributed by atoms with E-state index >= 15 is 0 Å². The van der Waals surface area contributed by atoms with Crippen LogP contribution in [0, 0.1) is 11.3 Å². The second-order valence-electron chi connectivity index (χ2n) is 8.25. The molecule has 1 unspecified atom stereocenters. The zero-order valence-corrected chi connectivity index (χ0v) is 13.5. The maximum absolute atomic E-state index is 6.57. The van der Waals surface area contributed by atoms with Gasteiger partial charge in [0, 0.05) is 6.54 Å². The largest absolute Gasteiger partial charge is 0.372 e. The normalized spacial score (nSPS) is 31.1. The van der Waals surface area contributed by atoms with Crippen molar-refractivity contribution in [3.63, 3.8) is 0 Å². The summed E-state index contributed by atoms with van der Waals surface area (Å²) in [4.78, 5) is 0. The summed E-state index contributed by atoms with van der Waals surface area (Å²) in [5.41, 5.74) is 0.907. The Kier molecular flexibility index (Phi) is 4.42. The highest BCUT2D eigenvalue weighted by molar-refractivity contribution is 5.00. The van der Waals surface area contributed by atoms with E-state index in [1.165, 1.54) is 70.8 Å². The molecule has 116 valence electrons. The third kappa shape index (κ3) is 3.57. The molecule has 2 heteroatoms. The molecule has 3 aliphatic rings. The van der Waals surface area contributed by atoms with Gasteiger partial charge in [0.15, 0.2) is 0 Å². The zero-order valence-electron chi connectivity index (χ0n) is 13.5. The standard InChI is InChI=1S/C18H33NO/c1-15(2)13-19-14-17(10-11-17)12-16-6-9-18(20-16)7-4-3-5-8-18/h15-16,19H,3-14H2,1-2H3. The number of nitrogens with one attached hydrogen (secondary N) is 1. The van der Waals surface area contributed by atoms with Gasteiger partial charge in [-0.25, -0.2) is 0 Å². The van der Waals surface area contributed by atoms with Crippen LogP contribution in [0.25, 0.3) is 0 Å². The molecule has 2 saturated carbocycles.